The summed E-state index contributed by atoms with van der Waals surface area (Å²) in [4.78, 5) is 10.8. The average Bonchev–Trinajstić information content (AvgIpc) is 2.17. The van der Waals surface area contributed by atoms with E-state index in [2.05, 4.69) is 6.58 Å². The summed E-state index contributed by atoms with van der Waals surface area (Å²) < 4.78 is 13.1. The largest absolute Gasteiger partial charge is 0.291 e. The molecular weight excluding hydrogens is 155 g/mol. The molecule has 1 aromatic rings. The molecule has 0 unspecified atom stereocenters. The highest BCUT2D eigenvalue weighted by molar-refractivity contribution is 5.93. The highest BCUT2D eigenvalue weighted by Crippen LogP contribution is 2.17. The number of benzene rings is 1. The molecule has 0 aliphatic carbocycles. The Labute approximate surface area is 70.5 Å². The van der Waals surface area contributed by atoms with Crippen molar-refractivity contribution in [2.24, 2.45) is 0 Å². The van der Waals surface area contributed by atoms with Gasteiger partial charge in [0.15, 0.2) is 12.0 Å². The summed E-state index contributed by atoms with van der Waals surface area (Å²) in [6.45, 7) is 3.22. The van der Waals surface area contributed by atoms with Gasteiger partial charge in [0.25, 0.3) is 0 Å². The van der Waals surface area contributed by atoms with Crippen molar-refractivity contribution in [3.05, 3.63) is 48.6 Å². The Hall–Kier alpha value is -1.44. The van der Waals surface area contributed by atoms with E-state index in [0.717, 1.165) is 6.08 Å². The molecule has 0 spiro atoms. The van der Waals surface area contributed by atoms with Crippen LogP contribution < -0.4 is 0 Å². The molecule has 0 fully saturated rings. The van der Waals surface area contributed by atoms with E-state index in [-0.39, 0.29) is 0 Å². The first-order valence-electron chi connectivity index (χ1n) is 3.61. The molecule has 1 nitrogen and oxygen atoms in total. The van der Waals surface area contributed by atoms with Crippen molar-refractivity contribution in [2.75, 3.05) is 0 Å². The van der Waals surface area contributed by atoms with Crippen LogP contribution in [0.2, 0.25) is 0 Å². The van der Waals surface area contributed by atoms with Crippen LogP contribution in [0.5, 0.6) is 0 Å². The summed E-state index contributed by atoms with van der Waals surface area (Å²) in [5.74, 6) is -0.596. The van der Waals surface area contributed by atoms with Gasteiger partial charge in [0, 0.05) is 0 Å². The second kappa shape index (κ2) is 3.81. The van der Waals surface area contributed by atoms with Crippen molar-refractivity contribution in [1.29, 1.82) is 0 Å². The Morgan fingerprint density at radius 1 is 1.42 bits per heavy atom. The molecule has 0 bridgehead atoms. The summed E-state index contributed by atoms with van der Waals surface area (Å²) in [6.07, 6.45) is -0.568. The van der Waals surface area contributed by atoms with Gasteiger partial charge >= 0.3 is 0 Å². The van der Waals surface area contributed by atoms with Gasteiger partial charge < -0.3 is 0 Å². The first-order chi connectivity index (χ1) is 5.75. The third kappa shape index (κ3) is 1.78. The van der Waals surface area contributed by atoms with E-state index in [1.54, 1.807) is 30.3 Å². The predicted octanol–water partition coefficient (Wildman–Crippen LogP) is 2.45. The minimum absolute atomic E-state index is 0.377. The monoisotopic (exact) mass is 164 g/mol. The fraction of sp³-hybridized carbons (Fsp3) is 0.100. The molecule has 2 heteroatoms. The summed E-state index contributed by atoms with van der Waals surface area (Å²) >= 11 is 0. The van der Waals surface area contributed by atoms with E-state index in [0.29, 0.717) is 5.56 Å². The smallest absolute Gasteiger partial charge is 0.193 e. The van der Waals surface area contributed by atoms with Crippen molar-refractivity contribution in [2.45, 2.75) is 6.17 Å². The van der Waals surface area contributed by atoms with Crippen molar-refractivity contribution in [1.82, 2.24) is 0 Å². The number of rotatable bonds is 3. The Balaban J connectivity index is 2.85. The topological polar surface area (TPSA) is 17.1 Å². The summed E-state index contributed by atoms with van der Waals surface area (Å²) in [6, 6.07) is 8.31. The molecule has 0 radical (unpaired) electrons. The zero-order chi connectivity index (χ0) is 8.97. The van der Waals surface area contributed by atoms with Crippen LogP contribution in [-0.4, -0.2) is 5.78 Å². The normalized spacial score (nSPS) is 12.1. The molecule has 0 amide bonds. The van der Waals surface area contributed by atoms with E-state index in [1.807, 2.05) is 0 Å². The van der Waals surface area contributed by atoms with Crippen molar-refractivity contribution >= 4 is 5.78 Å². The van der Waals surface area contributed by atoms with Crippen LogP contribution in [0.1, 0.15) is 11.7 Å². The zero-order valence-corrected chi connectivity index (χ0v) is 6.53. The molecule has 0 N–H and O–H groups in total. The number of carbonyl (C=O) groups excluding carboxylic acids is 1. The Bertz CT molecular complexity index is 279. The van der Waals surface area contributed by atoms with Crippen LogP contribution in [0.4, 0.5) is 4.39 Å². The highest BCUT2D eigenvalue weighted by atomic mass is 19.1. The maximum absolute atomic E-state index is 13.1. The van der Waals surface area contributed by atoms with Crippen LogP contribution in [0.3, 0.4) is 0 Å². The molecule has 0 saturated heterocycles. The molecular formula is C10H9FO. The molecule has 0 saturated carbocycles. The SMILES string of the molecule is C=CC(=O)[C@H](F)c1ccccc1. The lowest BCUT2D eigenvalue weighted by Crippen LogP contribution is -2.03. The predicted molar refractivity (Wildman–Crippen MR) is 45.5 cm³/mol. The first-order valence-corrected chi connectivity index (χ1v) is 3.61. The van der Waals surface area contributed by atoms with Gasteiger partial charge in [0.05, 0.1) is 0 Å². The second-order valence-electron chi connectivity index (χ2n) is 2.38. The van der Waals surface area contributed by atoms with Gasteiger partial charge in [-0.25, -0.2) is 4.39 Å². The number of halogens is 1. The van der Waals surface area contributed by atoms with Gasteiger partial charge in [0.2, 0.25) is 0 Å². The molecule has 0 aliphatic rings. The van der Waals surface area contributed by atoms with E-state index >= 15 is 0 Å². The lowest BCUT2D eigenvalue weighted by atomic mass is 10.1. The molecule has 0 heterocycles. The standard InChI is InChI=1S/C10H9FO/c1-2-9(12)10(11)8-6-4-3-5-7-8/h2-7,10H,1H2/t10-/m1/s1. The van der Waals surface area contributed by atoms with Crippen LogP contribution in [0, 0.1) is 0 Å². The maximum atomic E-state index is 13.1. The summed E-state index contributed by atoms with van der Waals surface area (Å²) in [7, 11) is 0. The summed E-state index contributed by atoms with van der Waals surface area (Å²) in [5.41, 5.74) is 0.377. The second-order valence-corrected chi connectivity index (χ2v) is 2.38. The molecule has 12 heavy (non-hydrogen) atoms. The van der Waals surface area contributed by atoms with Crippen molar-refractivity contribution in [3.8, 4) is 0 Å². The van der Waals surface area contributed by atoms with E-state index in [1.165, 1.54) is 0 Å². The van der Waals surface area contributed by atoms with Crippen LogP contribution in [0.15, 0.2) is 43.0 Å². The minimum atomic E-state index is -1.57. The van der Waals surface area contributed by atoms with Gasteiger partial charge in [0.1, 0.15) is 0 Å². The lowest BCUT2D eigenvalue weighted by molar-refractivity contribution is -0.119. The Morgan fingerprint density at radius 3 is 2.50 bits per heavy atom. The van der Waals surface area contributed by atoms with Gasteiger partial charge in [-0.15, -0.1) is 0 Å². The lowest BCUT2D eigenvalue weighted by Gasteiger charge is -2.02. The van der Waals surface area contributed by atoms with Crippen LogP contribution >= 0.6 is 0 Å². The van der Waals surface area contributed by atoms with Gasteiger partial charge in [-0.1, -0.05) is 36.9 Å². The van der Waals surface area contributed by atoms with E-state index in [9.17, 15) is 9.18 Å². The van der Waals surface area contributed by atoms with Gasteiger partial charge in [-0.3, -0.25) is 4.79 Å². The van der Waals surface area contributed by atoms with Gasteiger partial charge in [-0.05, 0) is 11.6 Å². The van der Waals surface area contributed by atoms with Gasteiger partial charge in [-0.2, -0.15) is 0 Å². The van der Waals surface area contributed by atoms with Crippen LogP contribution in [-0.2, 0) is 4.79 Å². The number of allylic oxidation sites excluding steroid dienone is 1. The first kappa shape index (κ1) is 8.65. The average molecular weight is 164 g/mol. The Kier molecular flexibility index (Phi) is 2.75. The number of ketones is 1. The highest BCUT2D eigenvalue weighted by Gasteiger charge is 2.15. The Morgan fingerprint density at radius 2 is 2.00 bits per heavy atom. The third-order valence-electron chi connectivity index (χ3n) is 1.54. The number of carbonyl (C=O) groups is 1. The third-order valence-corrected chi connectivity index (χ3v) is 1.54. The van der Waals surface area contributed by atoms with E-state index < -0.39 is 12.0 Å². The molecule has 1 rings (SSSR count). The van der Waals surface area contributed by atoms with Crippen molar-refractivity contribution < 1.29 is 9.18 Å². The molecule has 1 atom stereocenters. The fourth-order valence-electron chi connectivity index (χ4n) is 0.890. The maximum Gasteiger partial charge on any atom is 0.193 e. The molecule has 0 aliphatic heterocycles. The zero-order valence-electron chi connectivity index (χ0n) is 6.53. The minimum Gasteiger partial charge on any atom is -0.291 e. The number of hydrogen-bond acceptors (Lipinski definition) is 1. The number of hydrogen-bond donors (Lipinski definition) is 0. The quantitative estimate of drug-likeness (QED) is 0.627. The van der Waals surface area contributed by atoms with Crippen LogP contribution in [0.25, 0.3) is 0 Å². The van der Waals surface area contributed by atoms with E-state index in [4.69, 9.17) is 0 Å². The number of alkyl halides is 1. The fourth-order valence-corrected chi connectivity index (χ4v) is 0.890. The molecule has 0 aromatic heterocycles. The van der Waals surface area contributed by atoms with Crippen molar-refractivity contribution in [3.63, 3.8) is 0 Å². The molecule has 1 aromatic carbocycles. The summed E-state index contributed by atoms with van der Waals surface area (Å²) in [5, 5.41) is 0. The molecule has 62 valence electrons.